The summed E-state index contributed by atoms with van der Waals surface area (Å²) in [6.07, 6.45) is 1.48. The van der Waals surface area contributed by atoms with Crippen molar-refractivity contribution in [1.29, 1.82) is 0 Å². The molecule has 0 unspecified atom stereocenters. The Hall–Kier alpha value is -2.20. The number of phenolic OH excluding ortho intramolecular Hbond substituents is 1. The number of phenols is 1. The minimum Gasteiger partial charge on any atom is -0.507 e. The fourth-order valence-electron chi connectivity index (χ4n) is 2.01. The molecule has 2 aromatic carbocycles. The Bertz CT molecular complexity index is 737. The van der Waals surface area contributed by atoms with Gasteiger partial charge in [-0.05, 0) is 29.0 Å². The van der Waals surface area contributed by atoms with Crippen LogP contribution in [0.15, 0.2) is 41.1 Å². The average Bonchev–Trinajstić information content (AvgIpc) is 2.76. The molecule has 0 aliphatic carbocycles. The average molecular weight is 261 g/mol. The molecule has 0 amide bonds. The number of nitrogen functional groups attached to an aromatic ring is 1. The first-order valence-electron chi connectivity index (χ1n) is 5.28. The van der Waals surface area contributed by atoms with Crippen LogP contribution in [-0.2, 0) is 0 Å². The first kappa shape index (κ1) is 10.9. The maximum Gasteiger partial charge on any atom is 0.230 e. The summed E-state index contributed by atoms with van der Waals surface area (Å²) in [5, 5.41) is 16.0. The molecule has 0 fully saturated rings. The minimum absolute atomic E-state index is 0.125. The summed E-state index contributed by atoms with van der Waals surface area (Å²) in [6.45, 7) is 0. The molecule has 1 aromatic heterocycles. The summed E-state index contributed by atoms with van der Waals surface area (Å²) in [4.78, 5) is 0. The van der Waals surface area contributed by atoms with Crippen LogP contribution in [0.25, 0.3) is 21.9 Å². The highest BCUT2D eigenvalue weighted by Gasteiger charge is 2.15. The molecular weight excluding hydrogens is 252 g/mol. The number of benzene rings is 2. The van der Waals surface area contributed by atoms with E-state index in [1.54, 1.807) is 18.2 Å². The quantitative estimate of drug-likeness (QED) is 0.703. The zero-order valence-electron chi connectivity index (χ0n) is 9.22. The Kier molecular flexibility index (Phi) is 2.38. The van der Waals surface area contributed by atoms with Gasteiger partial charge in [-0.2, -0.15) is 0 Å². The number of halogens is 1. The molecule has 3 rings (SSSR count). The van der Waals surface area contributed by atoms with Crippen molar-refractivity contribution in [3.8, 4) is 16.9 Å². The third-order valence-corrected chi connectivity index (χ3v) is 3.06. The number of aromatic hydroxyl groups is 1. The Labute approximate surface area is 108 Å². The van der Waals surface area contributed by atoms with Crippen LogP contribution in [0.3, 0.4) is 0 Å². The van der Waals surface area contributed by atoms with Gasteiger partial charge in [-0.1, -0.05) is 28.9 Å². The van der Waals surface area contributed by atoms with Crippen LogP contribution < -0.4 is 5.73 Å². The van der Waals surface area contributed by atoms with Gasteiger partial charge in [0.1, 0.15) is 5.75 Å². The summed E-state index contributed by atoms with van der Waals surface area (Å²) in [6, 6.07) is 8.81. The van der Waals surface area contributed by atoms with Gasteiger partial charge in [-0.3, -0.25) is 0 Å². The lowest BCUT2D eigenvalue weighted by molar-refractivity contribution is 0.436. The van der Waals surface area contributed by atoms with E-state index < -0.39 is 0 Å². The van der Waals surface area contributed by atoms with Crippen LogP contribution in [0.5, 0.6) is 5.75 Å². The van der Waals surface area contributed by atoms with E-state index in [1.807, 2.05) is 12.1 Å². The second kappa shape index (κ2) is 3.92. The molecule has 0 saturated heterocycles. The number of rotatable bonds is 1. The second-order valence-corrected chi connectivity index (χ2v) is 4.37. The highest BCUT2D eigenvalue weighted by atomic mass is 35.5. The van der Waals surface area contributed by atoms with Gasteiger partial charge >= 0.3 is 0 Å². The second-order valence-electron chi connectivity index (χ2n) is 3.93. The molecule has 4 nitrogen and oxygen atoms in total. The molecule has 0 spiro atoms. The fourth-order valence-corrected chi connectivity index (χ4v) is 2.19. The number of aromatic nitrogens is 1. The molecule has 0 aliphatic rings. The largest absolute Gasteiger partial charge is 0.507 e. The third kappa shape index (κ3) is 1.58. The van der Waals surface area contributed by atoms with E-state index >= 15 is 0 Å². The number of hydrogen-bond acceptors (Lipinski definition) is 4. The maximum absolute atomic E-state index is 10.0. The van der Waals surface area contributed by atoms with E-state index in [0.29, 0.717) is 16.1 Å². The van der Waals surface area contributed by atoms with Crippen LogP contribution in [0, 0.1) is 0 Å². The van der Waals surface area contributed by atoms with E-state index in [4.69, 9.17) is 21.9 Å². The smallest absolute Gasteiger partial charge is 0.230 e. The third-order valence-electron chi connectivity index (χ3n) is 2.83. The van der Waals surface area contributed by atoms with Crippen LogP contribution in [0.4, 0.5) is 5.88 Å². The highest BCUT2D eigenvalue weighted by molar-refractivity contribution is 6.31. The molecular formula is C13H9ClN2O2. The SMILES string of the molecule is Nc1oncc1-c1c(O)ccc2cc(Cl)ccc12. The lowest BCUT2D eigenvalue weighted by Crippen LogP contribution is -1.87. The molecule has 0 bridgehead atoms. The molecule has 0 aliphatic heterocycles. The molecule has 5 heteroatoms. The van der Waals surface area contributed by atoms with E-state index in [2.05, 4.69) is 5.16 Å². The zero-order chi connectivity index (χ0) is 12.7. The van der Waals surface area contributed by atoms with Crippen LogP contribution in [-0.4, -0.2) is 10.3 Å². The summed E-state index contributed by atoms with van der Waals surface area (Å²) in [5.74, 6) is 0.299. The first-order valence-corrected chi connectivity index (χ1v) is 5.66. The molecule has 0 atom stereocenters. The van der Waals surface area contributed by atoms with Crippen molar-refractivity contribution < 1.29 is 9.63 Å². The van der Waals surface area contributed by atoms with Gasteiger partial charge in [0, 0.05) is 10.6 Å². The summed E-state index contributed by atoms with van der Waals surface area (Å²) >= 11 is 5.95. The van der Waals surface area contributed by atoms with Gasteiger partial charge in [0.2, 0.25) is 5.88 Å². The maximum atomic E-state index is 10.0. The van der Waals surface area contributed by atoms with E-state index in [-0.39, 0.29) is 11.6 Å². The van der Waals surface area contributed by atoms with Gasteiger partial charge < -0.3 is 15.4 Å². The van der Waals surface area contributed by atoms with Crippen molar-refractivity contribution in [3.05, 3.63) is 41.6 Å². The van der Waals surface area contributed by atoms with Gasteiger partial charge in [-0.25, -0.2) is 0 Å². The predicted molar refractivity (Wildman–Crippen MR) is 70.5 cm³/mol. The number of nitrogens with zero attached hydrogens (tertiary/aromatic N) is 1. The van der Waals surface area contributed by atoms with Gasteiger partial charge in [-0.15, -0.1) is 0 Å². The van der Waals surface area contributed by atoms with Crippen molar-refractivity contribution in [2.75, 3.05) is 5.73 Å². The normalized spacial score (nSPS) is 10.9. The number of hydrogen-bond donors (Lipinski definition) is 2. The topological polar surface area (TPSA) is 72.3 Å². The Morgan fingerprint density at radius 1 is 1.22 bits per heavy atom. The van der Waals surface area contributed by atoms with E-state index in [1.165, 1.54) is 6.20 Å². The van der Waals surface area contributed by atoms with Crippen LogP contribution >= 0.6 is 11.6 Å². The number of fused-ring (bicyclic) bond motifs is 1. The Balaban J connectivity index is 2.41. The minimum atomic E-state index is 0.125. The first-order chi connectivity index (χ1) is 8.66. The van der Waals surface area contributed by atoms with Crippen molar-refractivity contribution in [2.24, 2.45) is 0 Å². The Morgan fingerprint density at radius 3 is 2.78 bits per heavy atom. The summed E-state index contributed by atoms with van der Waals surface area (Å²) in [5.41, 5.74) is 6.87. The summed E-state index contributed by atoms with van der Waals surface area (Å²) < 4.78 is 4.84. The van der Waals surface area contributed by atoms with E-state index in [0.717, 1.165) is 10.8 Å². The van der Waals surface area contributed by atoms with Crippen LogP contribution in [0.1, 0.15) is 0 Å². The molecule has 1 heterocycles. The van der Waals surface area contributed by atoms with E-state index in [9.17, 15) is 5.11 Å². The Morgan fingerprint density at radius 2 is 2.06 bits per heavy atom. The van der Waals surface area contributed by atoms with Gasteiger partial charge in [0.15, 0.2) is 0 Å². The molecule has 0 saturated carbocycles. The number of nitrogens with two attached hydrogens (primary N) is 1. The van der Waals surface area contributed by atoms with Gasteiger partial charge in [0.05, 0.1) is 11.8 Å². The lowest BCUT2D eigenvalue weighted by Gasteiger charge is -2.07. The standard InChI is InChI=1S/C13H9ClN2O2/c14-8-2-3-9-7(5-8)1-4-11(17)12(9)10-6-16-18-13(10)15/h1-6,17H,15H2. The zero-order valence-corrected chi connectivity index (χ0v) is 9.98. The molecule has 90 valence electrons. The monoisotopic (exact) mass is 260 g/mol. The molecule has 3 aromatic rings. The number of anilines is 1. The van der Waals surface area contributed by atoms with Gasteiger partial charge in [0.25, 0.3) is 0 Å². The molecule has 18 heavy (non-hydrogen) atoms. The summed E-state index contributed by atoms with van der Waals surface area (Å²) in [7, 11) is 0. The highest BCUT2D eigenvalue weighted by Crippen LogP contribution is 2.39. The fraction of sp³-hybridized carbons (Fsp3) is 0. The lowest BCUT2D eigenvalue weighted by atomic mass is 9.99. The van der Waals surface area contributed by atoms with Crippen molar-refractivity contribution in [1.82, 2.24) is 5.16 Å². The van der Waals surface area contributed by atoms with Crippen molar-refractivity contribution in [2.45, 2.75) is 0 Å². The van der Waals surface area contributed by atoms with Crippen molar-refractivity contribution in [3.63, 3.8) is 0 Å². The van der Waals surface area contributed by atoms with Crippen molar-refractivity contribution >= 4 is 28.3 Å². The predicted octanol–water partition coefficient (Wildman–Crippen LogP) is 3.44. The van der Waals surface area contributed by atoms with Crippen LogP contribution in [0.2, 0.25) is 5.02 Å². The molecule has 0 radical (unpaired) electrons. The molecule has 3 N–H and O–H groups in total.